The van der Waals surface area contributed by atoms with Crippen molar-refractivity contribution in [1.82, 2.24) is 10.3 Å². The van der Waals surface area contributed by atoms with Gasteiger partial charge in [0.1, 0.15) is 0 Å². The van der Waals surface area contributed by atoms with E-state index in [0.717, 1.165) is 15.7 Å². The van der Waals surface area contributed by atoms with Crippen LogP contribution in [0.15, 0.2) is 29.6 Å². The Hall–Kier alpha value is -0.900. The van der Waals surface area contributed by atoms with E-state index in [1.54, 1.807) is 11.3 Å². The second kappa shape index (κ2) is 5.83. The molecule has 0 spiro atoms. The standard InChI is InChI=1S/C14H17ClN2S/c1-9(12-4-6-13(15)7-5-12)16-10(2)14-8-18-11(3)17-14/h4-10,16H,1-3H3/t9-,10?/m1/s1. The lowest BCUT2D eigenvalue weighted by atomic mass is 10.1. The second-order valence-corrected chi connectivity index (χ2v) is 5.95. The van der Waals surface area contributed by atoms with Crippen molar-refractivity contribution in [3.8, 4) is 0 Å². The van der Waals surface area contributed by atoms with E-state index in [1.807, 2.05) is 19.1 Å². The van der Waals surface area contributed by atoms with E-state index < -0.39 is 0 Å². The molecule has 4 heteroatoms. The first kappa shape index (κ1) is 13.5. The van der Waals surface area contributed by atoms with Gasteiger partial charge in [0.15, 0.2) is 0 Å². The number of hydrogen-bond acceptors (Lipinski definition) is 3. The first-order valence-corrected chi connectivity index (χ1v) is 7.25. The van der Waals surface area contributed by atoms with Crippen LogP contribution in [0.2, 0.25) is 5.02 Å². The van der Waals surface area contributed by atoms with Crippen molar-refractivity contribution in [1.29, 1.82) is 0 Å². The highest BCUT2D eigenvalue weighted by Crippen LogP contribution is 2.21. The molecule has 0 radical (unpaired) electrons. The highest BCUT2D eigenvalue weighted by molar-refractivity contribution is 7.09. The normalized spacial score (nSPS) is 14.4. The van der Waals surface area contributed by atoms with Gasteiger partial charge in [0.25, 0.3) is 0 Å². The summed E-state index contributed by atoms with van der Waals surface area (Å²) in [6, 6.07) is 8.48. The van der Waals surface area contributed by atoms with Crippen LogP contribution < -0.4 is 5.32 Å². The number of aryl methyl sites for hydroxylation is 1. The summed E-state index contributed by atoms with van der Waals surface area (Å²) in [4.78, 5) is 4.51. The number of nitrogens with one attached hydrogen (secondary N) is 1. The molecule has 0 saturated carbocycles. The Morgan fingerprint density at radius 2 is 1.83 bits per heavy atom. The molecule has 0 amide bonds. The molecule has 0 fully saturated rings. The van der Waals surface area contributed by atoms with Crippen molar-refractivity contribution < 1.29 is 0 Å². The number of benzene rings is 1. The summed E-state index contributed by atoms with van der Waals surface area (Å²) in [7, 11) is 0. The Labute approximate surface area is 117 Å². The molecule has 0 aliphatic rings. The van der Waals surface area contributed by atoms with Crippen LogP contribution in [0.1, 0.15) is 42.2 Å². The molecule has 2 nitrogen and oxygen atoms in total. The third-order valence-electron chi connectivity index (χ3n) is 2.95. The van der Waals surface area contributed by atoms with Crippen LogP contribution in [0.5, 0.6) is 0 Å². The lowest BCUT2D eigenvalue weighted by Gasteiger charge is -2.19. The summed E-state index contributed by atoms with van der Waals surface area (Å²) in [5, 5.41) is 7.54. The van der Waals surface area contributed by atoms with Gasteiger partial charge in [-0.15, -0.1) is 11.3 Å². The van der Waals surface area contributed by atoms with Crippen LogP contribution in [0, 0.1) is 6.92 Å². The van der Waals surface area contributed by atoms with Crippen LogP contribution in [-0.2, 0) is 0 Å². The van der Waals surface area contributed by atoms with E-state index in [4.69, 9.17) is 11.6 Å². The highest BCUT2D eigenvalue weighted by atomic mass is 35.5. The molecule has 0 saturated heterocycles. The van der Waals surface area contributed by atoms with Crippen LogP contribution in [-0.4, -0.2) is 4.98 Å². The van der Waals surface area contributed by atoms with E-state index in [-0.39, 0.29) is 12.1 Å². The van der Waals surface area contributed by atoms with Crippen LogP contribution >= 0.6 is 22.9 Å². The molecular weight excluding hydrogens is 264 g/mol. The molecule has 96 valence electrons. The van der Waals surface area contributed by atoms with Crippen molar-refractivity contribution in [3.63, 3.8) is 0 Å². The minimum atomic E-state index is 0.251. The summed E-state index contributed by atoms with van der Waals surface area (Å²) >= 11 is 7.58. The Balaban J connectivity index is 2.02. The van der Waals surface area contributed by atoms with E-state index in [1.165, 1.54) is 5.56 Å². The number of halogens is 1. The zero-order valence-corrected chi connectivity index (χ0v) is 12.3. The molecule has 1 aromatic heterocycles. The fraction of sp³-hybridized carbons (Fsp3) is 0.357. The second-order valence-electron chi connectivity index (χ2n) is 4.45. The summed E-state index contributed by atoms with van der Waals surface area (Å²) in [5.41, 5.74) is 2.34. The van der Waals surface area contributed by atoms with Crippen molar-refractivity contribution in [2.24, 2.45) is 0 Å². The minimum Gasteiger partial charge on any atom is -0.302 e. The molecule has 1 unspecified atom stereocenters. The molecule has 2 rings (SSSR count). The van der Waals surface area contributed by atoms with E-state index >= 15 is 0 Å². The lowest BCUT2D eigenvalue weighted by molar-refractivity contribution is 0.487. The van der Waals surface area contributed by atoms with Crippen LogP contribution in [0.4, 0.5) is 0 Å². The Morgan fingerprint density at radius 1 is 1.17 bits per heavy atom. The summed E-state index contributed by atoms with van der Waals surface area (Å²) < 4.78 is 0. The average Bonchev–Trinajstić information content (AvgIpc) is 2.76. The van der Waals surface area contributed by atoms with Gasteiger partial charge in [0.2, 0.25) is 0 Å². The summed E-state index contributed by atoms with van der Waals surface area (Å²) in [5.74, 6) is 0. The predicted octanol–water partition coefficient (Wildman–Crippen LogP) is 4.52. The number of aromatic nitrogens is 1. The van der Waals surface area contributed by atoms with Crippen molar-refractivity contribution in [2.45, 2.75) is 32.9 Å². The van der Waals surface area contributed by atoms with Gasteiger partial charge in [-0.1, -0.05) is 23.7 Å². The average molecular weight is 281 g/mol. The van der Waals surface area contributed by atoms with Crippen LogP contribution in [0.25, 0.3) is 0 Å². The highest BCUT2D eigenvalue weighted by Gasteiger charge is 2.13. The monoisotopic (exact) mass is 280 g/mol. The number of rotatable bonds is 4. The minimum absolute atomic E-state index is 0.251. The van der Waals surface area contributed by atoms with Gasteiger partial charge in [0.05, 0.1) is 10.7 Å². The van der Waals surface area contributed by atoms with E-state index in [2.05, 4.69) is 41.7 Å². The zero-order valence-electron chi connectivity index (χ0n) is 10.8. The van der Waals surface area contributed by atoms with Gasteiger partial charge in [0, 0.05) is 22.5 Å². The zero-order chi connectivity index (χ0) is 13.1. The van der Waals surface area contributed by atoms with Gasteiger partial charge in [-0.3, -0.25) is 0 Å². The number of hydrogen-bond donors (Lipinski definition) is 1. The molecule has 1 N–H and O–H groups in total. The van der Waals surface area contributed by atoms with E-state index in [0.29, 0.717) is 0 Å². The van der Waals surface area contributed by atoms with Crippen molar-refractivity contribution in [3.05, 3.63) is 50.9 Å². The first-order chi connectivity index (χ1) is 8.56. The van der Waals surface area contributed by atoms with Crippen molar-refractivity contribution >= 4 is 22.9 Å². The third-order valence-corrected chi connectivity index (χ3v) is 3.99. The Bertz CT molecular complexity index is 507. The SMILES string of the molecule is Cc1nc(C(C)N[C@H](C)c2ccc(Cl)cc2)cs1. The molecule has 1 aromatic carbocycles. The maximum absolute atomic E-state index is 5.89. The van der Waals surface area contributed by atoms with Crippen LogP contribution in [0.3, 0.4) is 0 Å². The fourth-order valence-electron chi connectivity index (χ4n) is 1.89. The molecule has 18 heavy (non-hydrogen) atoms. The summed E-state index contributed by atoms with van der Waals surface area (Å²) in [6.45, 7) is 6.32. The molecular formula is C14H17ClN2S. The van der Waals surface area contributed by atoms with Gasteiger partial charge in [-0.25, -0.2) is 4.98 Å². The maximum atomic E-state index is 5.89. The predicted molar refractivity (Wildman–Crippen MR) is 78.3 cm³/mol. The molecule has 0 bridgehead atoms. The molecule has 1 heterocycles. The molecule has 0 aliphatic carbocycles. The lowest BCUT2D eigenvalue weighted by Crippen LogP contribution is -2.22. The topological polar surface area (TPSA) is 24.9 Å². The third kappa shape index (κ3) is 3.31. The van der Waals surface area contributed by atoms with Gasteiger partial charge in [-0.05, 0) is 38.5 Å². The summed E-state index contributed by atoms with van der Waals surface area (Å²) in [6.07, 6.45) is 0. The first-order valence-electron chi connectivity index (χ1n) is 6.00. The molecule has 2 atom stereocenters. The molecule has 0 aliphatic heterocycles. The smallest absolute Gasteiger partial charge is 0.0898 e. The Kier molecular flexibility index (Phi) is 4.38. The quantitative estimate of drug-likeness (QED) is 0.891. The van der Waals surface area contributed by atoms with Gasteiger partial charge in [-0.2, -0.15) is 0 Å². The fourth-order valence-corrected chi connectivity index (χ4v) is 2.72. The van der Waals surface area contributed by atoms with Gasteiger partial charge >= 0.3 is 0 Å². The number of thiazole rings is 1. The van der Waals surface area contributed by atoms with E-state index in [9.17, 15) is 0 Å². The van der Waals surface area contributed by atoms with Gasteiger partial charge < -0.3 is 5.32 Å². The largest absolute Gasteiger partial charge is 0.302 e. The molecule has 2 aromatic rings. The Morgan fingerprint density at radius 3 is 2.39 bits per heavy atom. The maximum Gasteiger partial charge on any atom is 0.0898 e. The van der Waals surface area contributed by atoms with Crippen molar-refractivity contribution in [2.75, 3.05) is 0 Å². The number of nitrogens with zero attached hydrogens (tertiary/aromatic N) is 1.